The van der Waals surface area contributed by atoms with Gasteiger partial charge in [-0.2, -0.15) is 5.10 Å². The molecule has 0 spiro atoms. The van der Waals surface area contributed by atoms with Crippen LogP contribution in [0.15, 0.2) is 29.4 Å². The molecule has 0 atom stereocenters. The Balaban J connectivity index is 2.05. The highest BCUT2D eigenvalue weighted by Crippen LogP contribution is 2.15. The molecule has 0 radical (unpaired) electrons. The molecule has 0 aromatic heterocycles. The third-order valence-electron chi connectivity index (χ3n) is 2.48. The summed E-state index contributed by atoms with van der Waals surface area (Å²) in [5.74, 6) is 0.760. The van der Waals surface area contributed by atoms with Crippen LogP contribution in [0.5, 0.6) is 5.75 Å². The molecule has 3 N–H and O–H groups in total. The summed E-state index contributed by atoms with van der Waals surface area (Å²) in [5.41, 5.74) is 9.74. The van der Waals surface area contributed by atoms with Crippen LogP contribution in [-0.2, 0) is 4.79 Å². The van der Waals surface area contributed by atoms with Crippen LogP contribution in [0.25, 0.3) is 0 Å². The number of hydrazone groups is 1. The lowest BCUT2D eigenvalue weighted by Crippen LogP contribution is -2.25. The predicted octanol–water partition coefficient (Wildman–Crippen LogP) is 0.638. The van der Waals surface area contributed by atoms with E-state index in [2.05, 4.69) is 10.5 Å². The molecule has 1 aromatic rings. The van der Waals surface area contributed by atoms with Crippen LogP contribution in [0.4, 0.5) is 0 Å². The topological polar surface area (TPSA) is 76.7 Å². The SMILES string of the molecule is NCCOc1ccc(C2=NNC(=O)CC2)cc1. The van der Waals surface area contributed by atoms with E-state index in [0.717, 1.165) is 17.0 Å². The fourth-order valence-electron chi connectivity index (χ4n) is 1.60. The standard InChI is InChI=1S/C12H15N3O2/c13-7-8-17-10-3-1-9(2-4-10)11-5-6-12(16)15-14-11/h1-4H,5-8,13H2,(H,15,16). The number of hydrogen-bond acceptors (Lipinski definition) is 4. The molecule has 17 heavy (non-hydrogen) atoms. The number of hydrogen-bond donors (Lipinski definition) is 2. The van der Waals surface area contributed by atoms with Crippen molar-refractivity contribution >= 4 is 11.6 Å². The van der Waals surface area contributed by atoms with E-state index in [1.165, 1.54) is 0 Å². The van der Waals surface area contributed by atoms with Gasteiger partial charge in [0, 0.05) is 19.4 Å². The van der Waals surface area contributed by atoms with E-state index in [1.54, 1.807) is 0 Å². The minimum atomic E-state index is -0.0309. The molecule has 2 rings (SSSR count). The summed E-state index contributed by atoms with van der Waals surface area (Å²) in [6.45, 7) is 1.01. The maximum atomic E-state index is 11.0. The van der Waals surface area contributed by atoms with Crippen molar-refractivity contribution in [2.45, 2.75) is 12.8 Å². The molecule has 0 saturated carbocycles. The Hall–Kier alpha value is -1.88. The number of nitrogens with two attached hydrogens (primary N) is 1. The maximum absolute atomic E-state index is 11.0. The molecular formula is C12H15N3O2. The van der Waals surface area contributed by atoms with E-state index >= 15 is 0 Å². The second-order valence-corrected chi connectivity index (χ2v) is 3.75. The summed E-state index contributed by atoms with van der Waals surface area (Å²) >= 11 is 0. The summed E-state index contributed by atoms with van der Waals surface area (Å²) in [4.78, 5) is 11.0. The minimum absolute atomic E-state index is 0.0309. The van der Waals surface area contributed by atoms with E-state index < -0.39 is 0 Å². The lowest BCUT2D eigenvalue weighted by molar-refractivity contribution is -0.121. The number of carbonyl (C=O) groups excluding carboxylic acids is 1. The molecular weight excluding hydrogens is 218 g/mol. The van der Waals surface area contributed by atoms with Crippen molar-refractivity contribution in [1.29, 1.82) is 0 Å². The van der Waals surface area contributed by atoms with E-state index in [1.807, 2.05) is 24.3 Å². The number of benzene rings is 1. The van der Waals surface area contributed by atoms with Crippen LogP contribution < -0.4 is 15.9 Å². The van der Waals surface area contributed by atoms with Crippen LogP contribution in [-0.4, -0.2) is 24.8 Å². The van der Waals surface area contributed by atoms with Gasteiger partial charge in [0.1, 0.15) is 12.4 Å². The Labute approximate surface area is 99.6 Å². The molecule has 0 bridgehead atoms. The number of nitrogens with one attached hydrogen (secondary N) is 1. The van der Waals surface area contributed by atoms with Crippen LogP contribution in [0.2, 0.25) is 0 Å². The molecule has 0 unspecified atom stereocenters. The van der Waals surface area contributed by atoms with E-state index in [9.17, 15) is 4.79 Å². The van der Waals surface area contributed by atoms with Gasteiger partial charge in [-0.05, 0) is 29.8 Å². The summed E-state index contributed by atoms with van der Waals surface area (Å²) in [7, 11) is 0. The average Bonchev–Trinajstić information content (AvgIpc) is 2.38. The number of ether oxygens (including phenoxy) is 1. The number of amides is 1. The second kappa shape index (κ2) is 5.45. The Morgan fingerprint density at radius 3 is 2.65 bits per heavy atom. The molecule has 1 amide bonds. The smallest absolute Gasteiger partial charge is 0.240 e. The second-order valence-electron chi connectivity index (χ2n) is 3.75. The fourth-order valence-corrected chi connectivity index (χ4v) is 1.60. The van der Waals surface area contributed by atoms with Crippen molar-refractivity contribution in [3.63, 3.8) is 0 Å². The summed E-state index contributed by atoms with van der Waals surface area (Å²) in [6.07, 6.45) is 1.17. The Kier molecular flexibility index (Phi) is 3.72. The van der Waals surface area contributed by atoms with Crippen LogP contribution in [0.1, 0.15) is 18.4 Å². The van der Waals surface area contributed by atoms with Crippen LogP contribution in [0.3, 0.4) is 0 Å². The fraction of sp³-hybridized carbons (Fsp3) is 0.333. The summed E-state index contributed by atoms with van der Waals surface area (Å²) < 4.78 is 5.38. The quantitative estimate of drug-likeness (QED) is 0.801. The average molecular weight is 233 g/mol. The first-order valence-electron chi connectivity index (χ1n) is 5.58. The molecule has 1 aliphatic rings. The van der Waals surface area contributed by atoms with E-state index in [4.69, 9.17) is 10.5 Å². The van der Waals surface area contributed by atoms with Gasteiger partial charge in [0.2, 0.25) is 5.91 Å². The van der Waals surface area contributed by atoms with E-state index in [-0.39, 0.29) is 5.91 Å². The third kappa shape index (κ3) is 3.04. The highest BCUT2D eigenvalue weighted by Gasteiger charge is 2.12. The number of carbonyl (C=O) groups is 1. The zero-order valence-electron chi connectivity index (χ0n) is 9.48. The molecule has 1 aromatic carbocycles. The molecule has 0 fully saturated rings. The predicted molar refractivity (Wildman–Crippen MR) is 64.9 cm³/mol. The molecule has 0 aliphatic carbocycles. The van der Waals surface area contributed by atoms with Gasteiger partial charge in [0.25, 0.3) is 0 Å². The molecule has 1 heterocycles. The largest absolute Gasteiger partial charge is 0.492 e. The zero-order valence-corrected chi connectivity index (χ0v) is 9.48. The molecule has 90 valence electrons. The van der Waals surface area contributed by atoms with Crippen LogP contribution >= 0.6 is 0 Å². The Bertz CT molecular complexity index is 426. The van der Waals surface area contributed by atoms with Gasteiger partial charge in [-0.15, -0.1) is 0 Å². The van der Waals surface area contributed by atoms with Crippen molar-refractivity contribution < 1.29 is 9.53 Å². The highest BCUT2D eigenvalue weighted by molar-refractivity contribution is 6.04. The lowest BCUT2D eigenvalue weighted by atomic mass is 10.0. The van der Waals surface area contributed by atoms with Crippen molar-refractivity contribution in [1.82, 2.24) is 5.43 Å². The van der Waals surface area contributed by atoms with Gasteiger partial charge in [0.05, 0.1) is 5.71 Å². The van der Waals surface area contributed by atoms with Crippen molar-refractivity contribution in [2.75, 3.05) is 13.2 Å². The summed E-state index contributed by atoms with van der Waals surface area (Å²) in [5, 5.41) is 4.03. The summed E-state index contributed by atoms with van der Waals surface area (Å²) in [6, 6.07) is 7.62. The number of rotatable bonds is 4. The van der Waals surface area contributed by atoms with Gasteiger partial charge in [-0.1, -0.05) is 0 Å². The van der Waals surface area contributed by atoms with Crippen molar-refractivity contribution in [3.05, 3.63) is 29.8 Å². The normalized spacial score (nSPS) is 15.1. The Morgan fingerprint density at radius 1 is 1.29 bits per heavy atom. The first kappa shape index (κ1) is 11.6. The van der Waals surface area contributed by atoms with Gasteiger partial charge in [-0.3, -0.25) is 4.79 Å². The molecule has 5 heteroatoms. The van der Waals surface area contributed by atoms with Gasteiger partial charge in [-0.25, -0.2) is 5.43 Å². The molecule has 5 nitrogen and oxygen atoms in total. The zero-order chi connectivity index (χ0) is 12.1. The monoisotopic (exact) mass is 233 g/mol. The first-order chi connectivity index (χ1) is 8.29. The minimum Gasteiger partial charge on any atom is -0.492 e. The molecule has 1 aliphatic heterocycles. The van der Waals surface area contributed by atoms with Crippen molar-refractivity contribution in [2.24, 2.45) is 10.8 Å². The third-order valence-corrected chi connectivity index (χ3v) is 2.48. The van der Waals surface area contributed by atoms with Crippen LogP contribution in [0, 0.1) is 0 Å². The van der Waals surface area contributed by atoms with Gasteiger partial charge >= 0.3 is 0 Å². The Morgan fingerprint density at radius 2 is 2.06 bits per heavy atom. The van der Waals surface area contributed by atoms with Crippen molar-refractivity contribution in [3.8, 4) is 5.75 Å². The van der Waals surface area contributed by atoms with Gasteiger partial charge < -0.3 is 10.5 Å². The first-order valence-corrected chi connectivity index (χ1v) is 5.58. The van der Waals surface area contributed by atoms with Gasteiger partial charge in [0.15, 0.2) is 0 Å². The van der Waals surface area contributed by atoms with E-state index in [0.29, 0.717) is 26.0 Å². The number of nitrogens with zero attached hydrogens (tertiary/aromatic N) is 1. The molecule has 0 saturated heterocycles. The maximum Gasteiger partial charge on any atom is 0.240 e. The lowest BCUT2D eigenvalue weighted by Gasteiger charge is -2.12. The highest BCUT2D eigenvalue weighted by atomic mass is 16.5.